The molecule has 0 atom stereocenters. The van der Waals surface area contributed by atoms with Crippen LogP contribution >= 0.6 is 0 Å². The SMILES string of the molecule is CCCCNC(=O)NC(=O)COC(=O)COc1ccc(C(C)C)cc1. The number of carbonyl (C=O) groups is 3. The number of benzene rings is 1. The fourth-order valence-electron chi connectivity index (χ4n) is 1.86. The average molecular weight is 350 g/mol. The Kier molecular flexibility index (Phi) is 9.06. The summed E-state index contributed by atoms with van der Waals surface area (Å²) in [7, 11) is 0. The molecule has 3 amide bonds. The van der Waals surface area contributed by atoms with Gasteiger partial charge in [0.1, 0.15) is 5.75 Å². The van der Waals surface area contributed by atoms with Gasteiger partial charge in [-0.25, -0.2) is 9.59 Å². The Morgan fingerprint density at radius 2 is 1.76 bits per heavy atom. The molecule has 0 aliphatic carbocycles. The second kappa shape index (κ2) is 11.1. The Bertz CT molecular complexity index is 569. The third kappa shape index (κ3) is 8.74. The minimum Gasteiger partial charge on any atom is -0.482 e. The highest BCUT2D eigenvalue weighted by Crippen LogP contribution is 2.18. The average Bonchev–Trinajstić information content (AvgIpc) is 2.58. The molecule has 0 radical (unpaired) electrons. The van der Waals surface area contributed by atoms with Crippen LogP contribution in [0.25, 0.3) is 0 Å². The number of amides is 3. The van der Waals surface area contributed by atoms with Crippen LogP contribution in [0.2, 0.25) is 0 Å². The van der Waals surface area contributed by atoms with Crippen molar-refractivity contribution in [2.45, 2.75) is 39.5 Å². The molecule has 0 saturated heterocycles. The monoisotopic (exact) mass is 350 g/mol. The third-order valence-corrected chi connectivity index (χ3v) is 3.34. The summed E-state index contributed by atoms with van der Waals surface area (Å²) >= 11 is 0. The first-order chi connectivity index (χ1) is 11.9. The Morgan fingerprint density at radius 3 is 2.36 bits per heavy atom. The molecule has 0 aliphatic heterocycles. The Balaban J connectivity index is 2.23. The van der Waals surface area contributed by atoms with Crippen LogP contribution in [0.5, 0.6) is 5.75 Å². The second-order valence-electron chi connectivity index (χ2n) is 5.83. The molecule has 7 heteroatoms. The number of hydrogen-bond acceptors (Lipinski definition) is 5. The number of unbranched alkanes of at least 4 members (excludes halogenated alkanes) is 1. The van der Waals surface area contributed by atoms with Crippen LogP contribution in [0.1, 0.15) is 45.1 Å². The first kappa shape index (κ1) is 20.5. The van der Waals surface area contributed by atoms with Crippen molar-refractivity contribution in [2.24, 2.45) is 0 Å². The maximum Gasteiger partial charge on any atom is 0.344 e. The predicted molar refractivity (Wildman–Crippen MR) is 93.4 cm³/mol. The van der Waals surface area contributed by atoms with Crippen LogP contribution < -0.4 is 15.4 Å². The summed E-state index contributed by atoms with van der Waals surface area (Å²) in [6.45, 7) is 5.81. The highest BCUT2D eigenvalue weighted by atomic mass is 16.6. The Hall–Kier alpha value is -2.57. The van der Waals surface area contributed by atoms with Gasteiger partial charge in [-0.15, -0.1) is 0 Å². The molecule has 0 unspecified atom stereocenters. The maximum atomic E-state index is 11.6. The topological polar surface area (TPSA) is 93.7 Å². The van der Waals surface area contributed by atoms with E-state index >= 15 is 0 Å². The van der Waals surface area contributed by atoms with Crippen molar-refractivity contribution in [1.82, 2.24) is 10.6 Å². The van der Waals surface area contributed by atoms with Gasteiger partial charge in [-0.1, -0.05) is 39.3 Å². The number of nitrogens with one attached hydrogen (secondary N) is 2. The molecule has 0 saturated carbocycles. The number of carbonyl (C=O) groups excluding carboxylic acids is 3. The summed E-state index contributed by atoms with van der Waals surface area (Å²) < 4.78 is 10.1. The van der Waals surface area contributed by atoms with Crippen LogP contribution in [0.3, 0.4) is 0 Å². The number of imide groups is 1. The van der Waals surface area contributed by atoms with Gasteiger partial charge in [0, 0.05) is 6.54 Å². The third-order valence-electron chi connectivity index (χ3n) is 3.34. The van der Waals surface area contributed by atoms with Gasteiger partial charge in [0.15, 0.2) is 13.2 Å². The first-order valence-corrected chi connectivity index (χ1v) is 8.38. The molecule has 0 spiro atoms. The summed E-state index contributed by atoms with van der Waals surface area (Å²) in [5.41, 5.74) is 1.17. The molecule has 7 nitrogen and oxygen atoms in total. The summed E-state index contributed by atoms with van der Waals surface area (Å²) in [5, 5.41) is 4.60. The van der Waals surface area contributed by atoms with E-state index in [2.05, 4.69) is 24.5 Å². The fraction of sp³-hybridized carbons (Fsp3) is 0.500. The van der Waals surface area contributed by atoms with E-state index in [4.69, 9.17) is 9.47 Å². The van der Waals surface area contributed by atoms with Crippen molar-refractivity contribution in [3.8, 4) is 5.75 Å². The minimum atomic E-state index is -0.691. The van der Waals surface area contributed by atoms with Crippen LogP contribution in [-0.4, -0.2) is 37.7 Å². The number of esters is 1. The van der Waals surface area contributed by atoms with E-state index in [9.17, 15) is 14.4 Å². The fourth-order valence-corrected chi connectivity index (χ4v) is 1.86. The standard InChI is InChI=1S/C18H26N2O5/c1-4-5-10-19-18(23)20-16(21)11-25-17(22)12-24-15-8-6-14(7-9-15)13(2)3/h6-9,13H,4-5,10-12H2,1-3H3,(H2,19,20,21,23). The van der Waals surface area contributed by atoms with Crippen molar-refractivity contribution >= 4 is 17.9 Å². The number of urea groups is 1. The highest BCUT2D eigenvalue weighted by Gasteiger charge is 2.11. The van der Waals surface area contributed by atoms with Crippen molar-refractivity contribution in [2.75, 3.05) is 19.8 Å². The number of hydrogen-bond donors (Lipinski definition) is 2. The lowest BCUT2D eigenvalue weighted by atomic mass is 10.0. The maximum absolute atomic E-state index is 11.6. The highest BCUT2D eigenvalue weighted by molar-refractivity contribution is 5.95. The molecule has 0 heterocycles. The molecule has 0 aromatic heterocycles. The summed E-state index contributed by atoms with van der Waals surface area (Å²) in [6, 6.07) is 6.80. The molecule has 0 fully saturated rings. The molecule has 0 bridgehead atoms. The predicted octanol–water partition coefficient (Wildman–Crippen LogP) is 2.36. The van der Waals surface area contributed by atoms with Crippen molar-refractivity contribution in [3.05, 3.63) is 29.8 Å². The molecule has 0 aliphatic rings. The van der Waals surface area contributed by atoms with E-state index in [1.807, 2.05) is 19.1 Å². The van der Waals surface area contributed by atoms with E-state index in [1.54, 1.807) is 12.1 Å². The van der Waals surface area contributed by atoms with Crippen molar-refractivity contribution in [3.63, 3.8) is 0 Å². The molecule has 1 aromatic rings. The molecule has 138 valence electrons. The zero-order chi connectivity index (χ0) is 18.7. The smallest absolute Gasteiger partial charge is 0.344 e. The Morgan fingerprint density at radius 1 is 1.08 bits per heavy atom. The summed E-state index contributed by atoms with van der Waals surface area (Å²) in [5.74, 6) is -0.420. The summed E-state index contributed by atoms with van der Waals surface area (Å²) in [4.78, 5) is 34.4. The normalized spacial score (nSPS) is 10.2. The van der Waals surface area contributed by atoms with Gasteiger partial charge in [0.2, 0.25) is 0 Å². The number of ether oxygens (including phenoxy) is 2. The quantitative estimate of drug-likeness (QED) is 0.527. The van der Waals surface area contributed by atoms with Gasteiger partial charge in [0.05, 0.1) is 0 Å². The van der Waals surface area contributed by atoms with Gasteiger partial charge >= 0.3 is 12.0 Å². The van der Waals surface area contributed by atoms with Crippen LogP contribution in [-0.2, 0) is 14.3 Å². The van der Waals surface area contributed by atoms with Crippen LogP contribution in [0.15, 0.2) is 24.3 Å². The second-order valence-corrected chi connectivity index (χ2v) is 5.83. The number of rotatable bonds is 9. The lowest BCUT2D eigenvalue weighted by Gasteiger charge is -2.09. The van der Waals surface area contributed by atoms with E-state index in [1.165, 1.54) is 5.56 Å². The lowest BCUT2D eigenvalue weighted by molar-refractivity contribution is -0.150. The van der Waals surface area contributed by atoms with Crippen molar-refractivity contribution < 1.29 is 23.9 Å². The van der Waals surface area contributed by atoms with Gasteiger partial charge in [0.25, 0.3) is 5.91 Å². The molecular weight excluding hydrogens is 324 g/mol. The molecule has 1 aromatic carbocycles. The van der Waals surface area contributed by atoms with Gasteiger partial charge in [-0.05, 0) is 30.0 Å². The van der Waals surface area contributed by atoms with E-state index in [0.29, 0.717) is 18.2 Å². The largest absolute Gasteiger partial charge is 0.482 e. The van der Waals surface area contributed by atoms with Gasteiger partial charge in [-0.3, -0.25) is 10.1 Å². The zero-order valence-electron chi connectivity index (χ0n) is 15.0. The zero-order valence-corrected chi connectivity index (χ0v) is 15.0. The van der Waals surface area contributed by atoms with E-state index in [0.717, 1.165) is 12.8 Å². The van der Waals surface area contributed by atoms with Gasteiger partial charge < -0.3 is 14.8 Å². The van der Waals surface area contributed by atoms with Crippen LogP contribution in [0, 0.1) is 0 Å². The van der Waals surface area contributed by atoms with Crippen LogP contribution in [0.4, 0.5) is 4.79 Å². The van der Waals surface area contributed by atoms with Crippen molar-refractivity contribution in [1.29, 1.82) is 0 Å². The first-order valence-electron chi connectivity index (χ1n) is 8.38. The molecule has 1 rings (SSSR count). The Labute approximate surface area is 148 Å². The van der Waals surface area contributed by atoms with Gasteiger partial charge in [-0.2, -0.15) is 0 Å². The minimum absolute atomic E-state index is 0.309. The summed E-state index contributed by atoms with van der Waals surface area (Å²) in [6.07, 6.45) is 1.76. The van der Waals surface area contributed by atoms with E-state index < -0.39 is 24.5 Å². The molecule has 2 N–H and O–H groups in total. The molecular formula is C18H26N2O5. The lowest BCUT2D eigenvalue weighted by Crippen LogP contribution is -2.41. The van der Waals surface area contributed by atoms with E-state index in [-0.39, 0.29) is 6.61 Å². The molecule has 25 heavy (non-hydrogen) atoms.